The van der Waals surface area contributed by atoms with Crippen molar-refractivity contribution in [2.24, 2.45) is 0 Å². The highest BCUT2D eigenvalue weighted by atomic mass is 16.6. The van der Waals surface area contributed by atoms with Crippen LogP contribution in [0.2, 0.25) is 0 Å². The molecule has 0 aliphatic heterocycles. The Morgan fingerprint density at radius 1 is 1.23 bits per heavy atom. The Bertz CT molecular complexity index is 559. The predicted octanol–water partition coefficient (Wildman–Crippen LogP) is 1.97. The van der Waals surface area contributed by atoms with Gasteiger partial charge in [-0.2, -0.15) is 0 Å². The molecule has 0 radical (unpaired) electrons. The fourth-order valence-electron chi connectivity index (χ4n) is 2.19. The summed E-state index contributed by atoms with van der Waals surface area (Å²) in [6.45, 7) is 3.51. The van der Waals surface area contributed by atoms with Crippen LogP contribution in [-0.4, -0.2) is 29.5 Å². The lowest BCUT2D eigenvalue weighted by Crippen LogP contribution is -2.63. The molecule has 1 aromatic rings. The Morgan fingerprint density at radius 2 is 1.86 bits per heavy atom. The first-order valence-corrected chi connectivity index (χ1v) is 7.13. The summed E-state index contributed by atoms with van der Waals surface area (Å²) in [4.78, 5) is 35.2. The van der Waals surface area contributed by atoms with E-state index in [0.717, 1.165) is 5.56 Å². The summed E-state index contributed by atoms with van der Waals surface area (Å²) < 4.78 is 10.2. The highest BCUT2D eigenvalue weighted by Crippen LogP contribution is 2.30. The molecule has 2 rings (SSSR count). The van der Waals surface area contributed by atoms with E-state index < -0.39 is 17.6 Å². The molecule has 1 aliphatic rings. The highest BCUT2D eigenvalue weighted by Gasteiger charge is 2.53. The van der Waals surface area contributed by atoms with Crippen molar-refractivity contribution in [3.63, 3.8) is 0 Å². The molecule has 0 atom stereocenters. The predicted molar refractivity (Wildman–Crippen MR) is 78.0 cm³/mol. The summed E-state index contributed by atoms with van der Waals surface area (Å²) in [6.07, 6.45) is -1.17. The van der Waals surface area contributed by atoms with Gasteiger partial charge < -0.3 is 14.8 Å². The van der Waals surface area contributed by atoms with Crippen LogP contribution in [0.1, 0.15) is 32.3 Å². The second-order valence-corrected chi connectivity index (χ2v) is 5.62. The summed E-state index contributed by atoms with van der Waals surface area (Å²) in [5.41, 5.74) is -0.448. The molecule has 0 saturated heterocycles. The molecular weight excluding hydrogens is 286 g/mol. The van der Waals surface area contributed by atoms with Crippen molar-refractivity contribution < 1.29 is 23.9 Å². The Kier molecular flexibility index (Phi) is 4.80. The first-order valence-electron chi connectivity index (χ1n) is 7.13. The number of carbonyl (C=O) groups is 3. The molecule has 0 heterocycles. The van der Waals surface area contributed by atoms with Crippen LogP contribution in [0, 0.1) is 0 Å². The number of nitrogens with one attached hydrogen (secondary N) is 1. The number of hydrogen-bond acceptors (Lipinski definition) is 5. The number of carbonyl (C=O) groups excluding carboxylic acids is 3. The van der Waals surface area contributed by atoms with Crippen molar-refractivity contribution in [3.05, 3.63) is 35.9 Å². The lowest BCUT2D eigenvalue weighted by Gasteiger charge is -2.38. The number of benzene rings is 1. The van der Waals surface area contributed by atoms with E-state index in [4.69, 9.17) is 9.47 Å². The average molecular weight is 305 g/mol. The normalized spacial score (nSPS) is 15.9. The Labute approximate surface area is 128 Å². The number of Topliss-reactive ketones (excluding diaryl/α,β-unsaturated/α-hetero) is 1. The topological polar surface area (TPSA) is 81.7 Å². The molecule has 118 valence electrons. The first kappa shape index (κ1) is 16.0. The molecule has 1 fully saturated rings. The maximum Gasteiger partial charge on any atom is 0.408 e. The van der Waals surface area contributed by atoms with Gasteiger partial charge >= 0.3 is 12.1 Å². The van der Waals surface area contributed by atoms with Crippen LogP contribution in [0.3, 0.4) is 0 Å². The minimum Gasteiger partial charge on any atom is -0.461 e. The van der Waals surface area contributed by atoms with Crippen molar-refractivity contribution in [2.75, 3.05) is 0 Å². The zero-order valence-electron chi connectivity index (χ0n) is 12.6. The number of ketones is 1. The molecule has 0 aromatic heterocycles. The molecule has 1 aliphatic carbocycles. The SMILES string of the molecule is CC(C)OC(=O)C1(NC(=O)OCc2ccccc2)CC(=O)C1. The van der Waals surface area contributed by atoms with Gasteiger partial charge in [0.15, 0.2) is 5.54 Å². The maximum atomic E-state index is 12.1. The van der Waals surface area contributed by atoms with Gasteiger partial charge in [-0.15, -0.1) is 0 Å². The van der Waals surface area contributed by atoms with Crippen molar-refractivity contribution >= 4 is 17.8 Å². The van der Waals surface area contributed by atoms with Crippen molar-refractivity contribution in [1.29, 1.82) is 0 Å². The number of hydrogen-bond donors (Lipinski definition) is 1. The number of rotatable bonds is 5. The smallest absolute Gasteiger partial charge is 0.408 e. The lowest BCUT2D eigenvalue weighted by atomic mass is 9.75. The Hall–Kier alpha value is -2.37. The van der Waals surface area contributed by atoms with E-state index >= 15 is 0 Å². The molecule has 1 N–H and O–H groups in total. The third-order valence-corrected chi connectivity index (χ3v) is 3.29. The Balaban J connectivity index is 1.92. The van der Waals surface area contributed by atoms with Crippen LogP contribution in [-0.2, 0) is 25.7 Å². The van der Waals surface area contributed by atoms with Gasteiger partial charge in [0.1, 0.15) is 12.4 Å². The zero-order valence-corrected chi connectivity index (χ0v) is 12.6. The van der Waals surface area contributed by atoms with E-state index in [2.05, 4.69) is 5.32 Å². The summed E-state index contributed by atoms with van der Waals surface area (Å²) in [7, 11) is 0. The molecule has 1 aromatic carbocycles. The zero-order chi connectivity index (χ0) is 16.2. The van der Waals surface area contributed by atoms with Crippen LogP contribution in [0.15, 0.2) is 30.3 Å². The van der Waals surface area contributed by atoms with Crippen LogP contribution in [0.5, 0.6) is 0 Å². The third kappa shape index (κ3) is 3.84. The maximum absolute atomic E-state index is 12.1. The van der Waals surface area contributed by atoms with Crippen LogP contribution < -0.4 is 5.32 Å². The largest absolute Gasteiger partial charge is 0.461 e. The van der Waals surface area contributed by atoms with Crippen LogP contribution in [0.25, 0.3) is 0 Å². The summed E-state index contributed by atoms with van der Waals surface area (Å²) in [5, 5.41) is 2.48. The molecular formula is C16H19NO5. The van der Waals surface area contributed by atoms with E-state index in [1.807, 2.05) is 30.3 Å². The van der Waals surface area contributed by atoms with E-state index in [1.54, 1.807) is 13.8 Å². The average Bonchev–Trinajstić information content (AvgIpc) is 2.43. The minimum absolute atomic E-state index is 0.0566. The molecule has 1 saturated carbocycles. The summed E-state index contributed by atoms with van der Waals surface area (Å²) >= 11 is 0. The van der Waals surface area contributed by atoms with E-state index in [-0.39, 0.29) is 31.3 Å². The quantitative estimate of drug-likeness (QED) is 0.841. The summed E-state index contributed by atoms with van der Waals surface area (Å²) in [6, 6.07) is 9.18. The minimum atomic E-state index is -1.28. The fraction of sp³-hybridized carbons (Fsp3) is 0.438. The van der Waals surface area contributed by atoms with E-state index in [0.29, 0.717) is 0 Å². The number of amides is 1. The van der Waals surface area contributed by atoms with Crippen molar-refractivity contribution in [1.82, 2.24) is 5.32 Å². The van der Waals surface area contributed by atoms with Gasteiger partial charge in [-0.1, -0.05) is 30.3 Å². The molecule has 6 nitrogen and oxygen atoms in total. The number of ether oxygens (including phenoxy) is 2. The number of esters is 1. The van der Waals surface area contributed by atoms with E-state index in [9.17, 15) is 14.4 Å². The molecule has 0 bridgehead atoms. The van der Waals surface area contributed by atoms with Gasteiger partial charge in [0.2, 0.25) is 0 Å². The van der Waals surface area contributed by atoms with Crippen LogP contribution in [0.4, 0.5) is 4.79 Å². The first-order chi connectivity index (χ1) is 10.4. The molecule has 0 unspecified atom stereocenters. The van der Waals surface area contributed by atoms with Crippen LogP contribution >= 0.6 is 0 Å². The van der Waals surface area contributed by atoms with Crippen molar-refractivity contribution in [2.45, 2.75) is 44.9 Å². The highest BCUT2D eigenvalue weighted by molar-refractivity contribution is 6.02. The Morgan fingerprint density at radius 3 is 2.41 bits per heavy atom. The molecule has 1 amide bonds. The fourth-order valence-corrected chi connectivity index (χ4v) is 2.19. The lowest BCUT2D eigenvalue weighted by molar-refractivity contribution is -0.163. The number of alkyl carbamates (subject to hydrolysis) is 1. The second kappa shape index (κ2) is 6.60. The van der Waals surface area contributed by atoms with E-state index in [1.165, 1.54) is 0 Å². The van der Waals surface area contributed by atoms with Gasteiger partial charge in [-0.3, -0.25) is 4.79 Å². The van der Waals surface area contributed by atoms with Gasteiger partial charge in [0.25, 0.3) is 0 Å². The molecule has 22 heavy (non-hydrogen) atoms. The monoisotopic (exact) mass is 305 g/mol. The van der Waals surface area contributed by atoms with Gasteiger partial charge in [-0.05, 0) is 19.4 Å². The van der Waals surface area contributed by atoms with Gasteiger partial charge in [-0.25, -0.2) is 9.59 Å². The third-order valence-electron chi connectivity index (χ3n) is 3.29. The second-order valence-electron chi connectivity index (χ2n) is 5.62. The molecule has 6 heteroatoms. The van der Waals surface area contributed by atoms with Gasteiger partial charge in [0, 0.05) is 12.8 Å². The summed E-state index contributed by atoms with van der Waals surface area (Å²) in [5.74, 6) is -0.692. The van der Waals surface area contributed by atoms with Gasteiger partial charge in [0.05, 0.1) is 6.10 Å². The molecule has 0 spiro atoms. The van der Waals surface area contributed by atoms with Crippen molar-refractivity contribution in [3.8, 4) is 0 Å². The standard InChI is InChI=1S/C16H19NO5/c1-11(2)22-14(19)16(8-13(18)9-16)17-15(20)21-10-12-6-4-3-5-7-12/h3-7,11H,8-10H2,1-2H3,(H,17,20).